The third-order valence-corrected chi connectivity index (χ3v) is 4.31. The van der Waals surface area contributed by atoms with Crippen LogP contribution in [0.3, 0.4) is 0 Å². The highest BCUT2D eigenvalue weighted by atomic mass is 16.4. The first kappa shape index (κ1) is 22.4. The van der Waals surface area contributed by atoms with Crippen LogP contribution in [0.15, 0.2) is 24.3 Å². The van der Waals surface area contributed by atoms with Gasteiger partial charge in [-0.25, -0.2) is 9.59 Å². The third kappa shape index (κ3) is 14.0. The molecule has 4 nitrogen and oxygen atoms in total. The fourth-order valence-electron chi connectivity index (χ4n) is 2.66. The molecule has 0 aliphatic heterocycles. The number of hydrogen-bond acceptors (Lipinski definition) is 2. The zero-order valence-electron chi connectivity index (χ0n) is 15.0. The number of carbonyl (C=O) groups is 2. The Bertz CT molecular complexity index is 360. The first-order valence-corrected chi connectivity index (χ1v) is 9.27. The summed E-state index contributed by atoms with van der Waals surface area (Å²) < 4.78 is 0. The Labute approximate surface area is 146 Å². The van der Waals surface area contributed by atoms with Gasteiger partial charge in [-0.05, 0) is 25.7 Å². The standard InChI is InChI=1S/C20H34O4/c1-17(19(21)22)15-13-11-9-7-5-3-4-6-8-10-12-14-16-18(2)20(23)24/h1-16H2,(H,21,22)(H,23,24). The fraction of sp³-hybridized carbons (Fsp3) is 0.700. The van der Waals surface area contributed by atoms with E-state index in [1.54, 1.807) is 0 Å². The highest BCUT2D eigenvalue weighted by molar-refractivity contribution is 5.85. The lowest BCUT2D eigenvalue weighted by Crippen LogP contribution is -1.98. The molecular weight excluding hydrogens is 304 g/mol. The van der Waals surface area contributed by atoms with Crippen molar-refractivity contribution in [1.29, 1.82) is 0 Å². The highest BCUT2D eigenvalue weighted by Crippen LogP contribution is 2.14. The molecule has 0 bridgehead atoms. The van der Waals surface area contributed by atoms with Gasteiger partial charge in [-0.3, -0.25) is 0 Å². The van der Waals surface area contributed by atoms with E-state index in [0.717, 1.165) is 25.7 Å². The van der Waals surface area contributed by atoms with Crippen molar-refractivity contribution in [3.8, 4) is 0 Å². The summed E-state index contributed by atoms with van der Waals surface area (Å²) in [5, 5.41) is 17.4. The van der Waals surface area contributed by atoms with Crippen LogP contribution in [0.4, 0.5) is 0 Å². The molecule has 0 spiro atoms. The van der Waals surface area contributed by atoms with Crippen LogP contribution in [0, 0.1) is 0 Å². The molecule has 0 aromatic heterocycles. The summed E-state index contributed by atoms with van der Waals surface area (Å²) in [7, 11) is 0. The molecule has 24 heavy (non-hydrogen) atoms. The first-order valence-electron chi connectivity index (χ1n) is 9.27. The van der Waals surface area contributed by atoms with E-state index < -0.39 is 11.9 Å². The number of rotatable bonds is 17. The summed E-state index contributed by atoms with van der Waals surface area (Å²) >= 11 is 0. The monoisotopic (exact) mass is 338 g/mol. The molecule has 138 valence electrons. The Morgan fingerprint density at radius 1 is 0.500 bits per heavy atom. The number of carboxylic acids is 2. The maximum atomic E-state index is 10.6. The van der Waals surface area contributed by atoms with Gasteiger partial charge >= 0.3 is 11.9 Å². The molecular formula is C20H34O4. The van der Waals surface area contributed by atoms with E-state index in [1.165, 1.54) is 51.4 Å². The Hall–Kier alpha value is -1.58. The number of aliphatic carboxylic acids is 2. The normalized spacial score (nSPS) is 10.5. The average Bonchev–Trinajstić information content (AvgIpc) is 2.54. The van der Waals surface area contributed by atoms with Crippen molar-refractivity contribution in [2.24, 2.45) is 0 Å². The largest absolute Gasteiger partial charge is 0.478 e. The Morgan fingerprint density at radius 2 is 0.708 bits per heavy atom. The fourth-order valence-corrected chi connectivity index (χ4v) is 2.66. The molecule has 2 N–H and O–H groups in total. The van der Waals surface area contributed by atoms with Gasteiger partial charge in [0.15, 0.2) is 0 Å². The molecule has 0 aromatic carbocycles. The topological polar surface area (TPSA) is 74.6 Å². The summed E-state index contributed by atoms with van der Waals surface area (Å²) in [4.78, 5) is 21.2. The highest BCUT2D eigenvalue weighted by Gasteiger charge is 2.03. The van der Waals surface area contributed by atoms with Gasteiger partial charge in [0, 0.05) is 11.1 Å². The predicted octanol–water partition coefficient (Wildman–Crippen LogP) is 5.73. The molecule has 0 amide bonds. The molecule has 0 heterocycles. The molecule has 0 saturated heterocycles. The summed E-state index contributed by atoms with van der Waals surface area (Å²) in [5.74, 6) is -1.75. The lowest BCUT2D eigenvalue weighted by atomic mass is 10.0. The second-order valence-electron chi connectivity index (χ2n) is 6.56. The Morgan fingerprint density at radius 3 is 0.917 bits per heavy atom. The average molecular weight is 338 g/mol. The van der Waals surface area contributed by atoms with Crippen molar-refractivity contribution < 1.29 is 19.8 Å². The van der Waals surface area contributed by atoms with Gasteiger partial charge in [0.1, 0.15) is 0 Å². The quantitative estimate of drug-likeness (QED) is 0.262. The van der Waals surface area contributed by atoms with Gasteiger partial charge in [0.2, 0.25) is 0 Å². The summed E-state index contributed by atoms with van der Waals surface area (Å²) in [6, 6.07) is 0. The van der Waals surface area contributed by atoms with E-state index in [2.05, 4.69) is 13.2 Å². The zero-order chi connectivity index (χ0) is 18.2. The van der Waals surface area contributed by atoms with Crippen LogP contribution in [-0.2, 0) is 9.59 Å². The van der Waals surface area contributed by atoms with Gasteiger partial charge in [-0.1, -0.05) is 77.4 Å². The van der Waals surface area contributed by atoms with Gasteiger partial charge < -0.3 is 10.2 Å². The van der Waals surface area contributed by atoms with Crippen LogP contribution < -0.4 is 0 Å². The van der Waals surface area contributed by atoms with E-state index in [9.17, 15) is 9.59 Å². The molecule has 0 saturated carbocycles. The SMILES string of the molecule is C=C(CCCCCCCCCCCCCCC(=C)C(=O)O)C(=O)O. The van der Waals surface area contributed by atoms with E-state index in [1.807, 2.05) is 0 Å². The van der Waals surface area contributed by atoms with Gasteiger partial charge in [-0.15, -0.1) is 0 Å². The van der Waals surface area contributed by atoms with Crippen molar-refractivity contribution in [2.45, 2.75) is 89.9 Å². The Kier molecular flexibility index (Phi) is 14.0. The van der Waals surface area contributed by atoms with E-state index in [0.29, 0.717) is 24.0 Å². The molecule has 0 radical (unpaired) electrons. The summed E-state index contributed by atoms with van der Waals surface area (Å²) in [5.41, 5.74) is 0.643. The molecule has 0 unspecified atom stereocenters. The molecule has 0 aromatic rings. The van der Waals surface area contributed by atoms with Crippen molar-refractivity contribution in [3.63, 3.8) is 0 Å². The molecule has 0 rings (SSSR count). The maximum absolute atomic E-state index is 10.6. The molecule has 4 heteroatoms. The van der Waals surface area contributed by atoms with Gasteiger partial charge in [-0.2, -0.15) is 0 Å². The van der Waals surface area contributed by atoms with Crippen molar-refractivity contribution >= 4 is 11.9 Å². The van der Waals surface area contributed by atoms with Crippen molar-refractivity contribution in [3.05, 3.63) is 24.3 Å². The second kappa shape index (κ2) is 15.0. The Balaban J connectivity index is 3.18. The van der Waals surface area contributed by atoms with Crippen molar-refractivity contribution in [1.82, 2.24) is 0 Å². The lowest BCUT2D eigenvalue weighted by Gasteiger charge is -2.04. The minimum absolute atomic E-state index is 0.322. The molecule has 0 aliphatic rings. The van der Waals surface area contributed by atoms with Crippen LogP contribution >= 0.6 is 0 Å². The minimum Gasteiger partial charge on any atom is -0.478 e. The van der Waals surface area contributed by atoms with Crippen LogP contribution in [0.25, 0.3) is 0 Å². The van der Waals surface area contributed by atoms with Gasteiger partial charge in [0.25, 0.3) is 0 Å². The van der Waals surface area contributed by atoms with E-state index in [4.69, 9.17) is 10.2 Å². The lowest BCUT2D eigenvalue weighted by molar-refractivity contribution is -0.133. The summed E-state index contributed by atoms with van der Waals surface area (Å²) in [6.45, 7) is 7.07. The summed E-state index contributed by atoms with van der Waals surface area (Å²) in [6.07, 6.45) is 15.2. The maximum Gasteiger partial charge on any atom is 0.330 e. The third-order valence-electron chi connectivity index (χ3n) is 4.31. The number of hydrogen-bond donors (Lipinski definition) is 2. The number of carboxylic acid groups (broad SMARTS) is 2. The van der Waals surface area contributed by atoms with Crippen LogP contribution in [0.2, 0.25) is 0 Å². The predicted molar refractivity (Wildman–Crippen MR) is 98.2 cm³/mol. The van der Waals surface area contributed by atoms with Crippen molar-refractivity contribution in [2.75, 3.05) is 0 Å². The van der Waals surface area contributed by atoms with Crippen LogP contribution in [-0.4, -0.2) is 22.2 Å². The van der Waals surface area contributed by atoms with Crippen LogP contribution in [0.1, 0.15) is 89.9 Å². The molecule has 0 aliphatic carbocycles. The number of unbranched alkanes of at least 4 members (excludes halogenated alkanes) is 11. The first-order chi connectivity index (χ1) is 11.4. The second-order valence-corrected chi connectivity index (χ2v) is 6.56. The molecule has 0 atom stereocenters. The van der Waals surface area contributed by atoms with Crippen LogP contribution in [0.5, 0.6) is 0 Å². The minimum atomic E-state index is -0.873. The van der Waals surface area contributed by atoms with Gasteiger partial charge in [0.05, 0.1) is 0 Å². The van der Waals surface area contributed by atoms with E-state index >= 15 is 0 Å². The zero-order valence-corrected chi connectivity index (χ0v) is 15.0. The van der Waals surface area contributed by atoms with E-state index in [-0.39, 0.29) is 0 Å². The molecule has 0 fully saturated rings. The smallest absolute Gasteiger partial charge is 0.330 e.